The zero-order valence-electron chi connectivity index (χ0n) is 8.00. The predicted octanol–water partition coefficient (Wildman–Crippen LogP) is 1.27. The van der Waals surface area contributed by atoms with Gasteiger partial charge >= 0.3 is 0 Å². The number of alkyl halides is 1. The molecule has 0 bridgehead atoms. The summed E-state index contributed by atoms with van der Waals surface area (Å²) in [4.78, 5) is 9.41. The molecule has 0 amide bonds. The van der Waals surface area contributed by atoms with Crippen molar-refractivity contribution in [3.63, 3.8) is 0 Å². The van der Waals surface area contributed by atoms with Crippen LogP contribution in [0.15, 0.2) is 29.2 Å². The first-order valence-electron chi connectivity index (χ1n) is 4.17. The van der Waals surface area contributed by atoms with Crippen LogP contribution in [0.25, 0.3) is 0 Å². The minimum atomic E-state index is -4.03. The number of nitrogens with zero attached hydrogens (tertiary/aromatic N) is 1. The average molecular weight is 248 g/mol. The lowest BCUT2D eigenvalue weighted by Gasteiger charge is -2.02. The molecular formula is C8H8FNO5S. The lowest BCUT2D eigenvalue weighted by molar-refractivity contribution is -0.384. The second kappa shape index (κ2) is 4.99. The molecular weight excluding hydrogens is 240 g/mol. The summed E-state index contributed by atoms with van der Waals surface area (Å²) in [5.74, 6) is 0. The minimum absolute atomic E-state index is 0.232. The Morgan fingerprint density at radius 1 is 1.31 bits per heavy atom. The second-order valence-electron chi connectivity index (χ2n) is 2.72. The van der Waals surface area contributed by atoms with Gasteiger partial charge in [-0.1, -0.05) is 0 Å². The summed E-state index contributed by atoms with van der Waals surface area (Å²) in [6.07, 6.45) is 0. The van der Waals surface area contributed by atoms with Gasteiger partial charge < -0.3 is 0 Å². The molecule has 0 unspecified atom stereocenters. The summed E-state index contributed by atoms with van der Waals surface area (Å²) in [6.45, 7) is -1.49. The number of nitro benzene ring substituents is 1. The number of benzene rings is 1. The zero-order chi connectivity index (χ0) is 12.2. The van der Waals surface area contributed by atoms with E-state index in [1.54, 1.807) is 0 Å². The molecule has 0 aromatic heterocycles. The third-order valence-corrected chi connectivity index (χ3v) is 2.98. The van der Waals surface area contributed by atoms with Crippen LogP contribution in [0.5, 0.6) is 0 Å². The molecule has 0 aliphatic carbocycles. The van der Waals surface area contributed by atoms with Crippen LogP contribution in [-0.4, -0.2) is 26.6 Å². The van der Waals surface area contributed by atoms with Gasteiger partial charge in [0.15, 0.2) is 0 Å². The van der Waals surface area contributed by atoms with Crippen LogP contribution in [0.1, 0.15) is 0 Å². The molecule has 1 rings (SSSR count). The number of hydrogen-bond donors (Lipinski definition) is 0. The van der Waals surface area contributed by atoms with E-state index < -0.39 is 28.3 Å². The van der Waals surface area contributed by atoms with Gasteiger partial charge in [0.2, 0.25) is 0 Å². The Kier molecular flexibility index (Phi) is 3.91. The van der Waals surface area contributed by atoms with Gasteiger partial charge in [-0.25, -0.2) is 4.39 Å². The van der Waals surface area contributed by atoms with E-state index in [4.69, 9.17) is 0 Å². The Morgan fingerprint density at radius 3 is 2.31 bits per heavy atom. The summed E-state index contributed by atoms with van der Waals surface area (Å²) in [7, 11) is -4.03. The molecule has 8 heteroatoms. The van der Waals surface area contributed by atoms with E-state index in [2.05, 4.69) is 4.18 Å². The van der Waals surface area contributed by atoms with Crippen LogP contribution >= 0.6 is 0 Å². The van der Waals surface area contributed by atoms with E-state index in [-0.39, 0.29) is 10.6 Å². The quantitative estimate of drug-likeness (QED) is 0.445. The van der Waals surface area contributed by atoms with Crippen molar-refractivity contribution in [3.8, 4) is 0 Å². The van der Waals surface area contributed by atoms with E-state index in [9.17, 15) is 22.9 Å². The second-order valence-corrected chi connectivity index (χ2v) is 4.33. The largest absolute Gasteiger partial charge is 0.297 e. The lowest BCUT2D eigenvalue weighted by Crippen LogP contribution is -2.08. The van der Waals surface area contributed by atoms with E-state index in [1.807, 2.05) is 0 Å². The SMILES string of the molecule is O=[N+]([O-])c1ccc(S(=O)(=O)OCC[18F])cc1. The Hall–Kier alpha value is -1.54. The lowest BCUT2D eigenvalue weighted by atomic mass is 10.3. The molecule has 0 saturated heterocycles. The van der Waals surface area contributed by atoms with E-state index in [0.717, 1.165) is 24.3 Å². The normalized spacial score (nSPS) is 11.3. The number of rotatable bonds is 5. The molecule has 0 saturated carbocycles. The summed E-state index contributed by atoms with van der Waals surface area (Å²) in [5, 5.41) is 10.3. The first-order valence-corrected chi connectivity index (χ1v) is 5.58. The standard InChI is InChI=1S/C8H8FNO5S/c9-5-6-15-16(13,14)8-3-1-7(2-4-8)10(11)12/h1-4H,5-6H2/i9-1. The molecule has 1 aromatic rings. The van der Waals surface area contributed by atoms with Crippen molar-refractivity contribution in [1.82, 2.24) is 0 Å². The monoisotopic (exact) mass is 248 g/mol. The molecule has 6 nitrogen and oxygen atoms in total. The first kappa shape index (κ1) is 12.5. The van der Waals surface area contributed by atoms with Crippen LogP contribution in [0.2, 0.25) is 0 Å². The molecule has 0 radical (unpaired) electrons. The molecule has 0 heterocycles. The molecule has 0 aliphatic heterocycles. The van der Waals surface area contributed by atoms with Crippen LogP contribution < -0.4 is 0 Å². The van der Waals surface area contributed by atoms with Crippen LogP contribution in [0.3, 0.4) is 0 Å². The molecule has 88 valence electrons. The van der Waals surface area contributed by atoms with Gasteiger partial charge in [0.25, 0.3) is 15.8 Å². The number of non-ortho nitro benzene ring substituents is 1. The highest BCUT2D eigenvalue weighted by Gasteiger charge is 2.16. The fraction of sp³-hybridized carbons (Fsp3) is 0.250. The topological polar surface area (TPSA) is 86.5 Å². The maximum atomic E-state index is 11.7. The van der Waals surface area contributed by atoms with Crippen LogP contribution in [0.4, 0.5) is 10.1 Å². The smallest absolute Gasteiger partial charge is 0.264 e. The fourth-order valence-corrected chi connectivity index (χ4v) is 1.83. The molecule has 0 fully saturated rings. The summed E-state index contributed by atoms with van der Waals surface area (Å²) in [6, 6.07) is 4.13. The number of hydrogen-bond acceptors (Lipinski definition) is 5. The van der Waals surface area contributed by atoms with E-state index in [0.29, 0.717) is 0 Å². The van der Waals surface area contributed by atoms with Crippen molar-refractivity contribution in [2.75, 3.05) is 13.3 Å². The number of nitro groups is 1. The summed E-state index contributed by atoms with van der Waals surface area (Å²) in [5.41, 5.74) is -0.232. The van der Waals surface area contributed by atoms with Crippen molar-refractivity contribution in [1.29, 1.82) is 0 Å². The van der Waals surface area contributed by atoms with Crippen LogP contribution in [0, 0.1) is 10.1 Å². The third kappa shape index (κ3) is 2.97. The van der Waals surface area contributed by atoms with Crippen molar-refractivity contribution < 1.29 is 21.9 Å². The highest BCUT2D eigenvalue weighted by molar-refractivity contribution is 7.86. The van der Waals surface area contributed by atoms with Gasteiger partial charge in [0, 0.05) is 12.1 Å². The zero-order valence-corrected chi connectivity index (χ0v) is 8.81. The molecule has 0 aliphatic rings. The third-order valence-electron chi connectivity index (χ3n) is 1.65. The van der Waals surface area contributed by atoms with Crippen molar-refractivity contribution in [3.05, 3.63) is 34.4 Å². The fourth-order valence-electron chi connectivity index (χ4n) is 0.944. The average Bonchev–Trinajstić information content (AvgIpc) is 2.26. The maximum Gasteiger partial charge on any atom is 0.297 e. The van der Waals surface area contributed by atoms with Crippen LogP contribution in [-0.2, 0) is 14.3 Å². The van der Waals surface area contributed by atoms with E-state index >= 15 is 0 Å². The molecule has 0 atom stereocenters. The molecule has 16 heavy (non-hydrogen) atoms. The number of halogens is 1. The first-order chi connectivity index (χ1) is 7.47. The summed E-state index contributed by atoms with van der Waals surface area (Å²) >= 11 is 0. The Labute approximate surface area is 90.9 Å². The van der Waals surface area contributed by atoms with Gasteiger partial charge in [-0.15, -0.1) is 0 Å². The Bertz CT molecular complexity index is 470. The Morgan fingerprint density at radius 2 is 1.88 bits per heavy atom. The molecule has 1 aromatic carbocycles. The predicted molar refractivity (Wildman–Crippen MR) is 52.2 cm³/mol. The van der Waals surface area contributed by atoms with Gasteiger partial charge in [0.1, 0.15) is 6.67 Å². The van der Waals surface area contributed by atoms with Gasteiger partial charge in [-0.05, 0) is 12.1 Å². The molecule has 0 spiro atoms. The minimum Gasteiger partial charge on any atom is -0.264 e. The summed E-state index contributed by atoms with van der Waals surface area (Å²) < 4.78 is 38.6. The Balaban J connectivity index is 2.93. The van der Waals surface area contributed by atoms with Crippen molar-refractivity contribution >= 4 is 15.8 Å². The highest BCUT2D eigenvalue weighted by Crippen LogP contribution is 2.17. The van der Waals surface area contributed by atoms with Gasteiger partial charge in [0.05, 0.1) is 16.4 Å². The van der Waals surface area contributed by atoms with Gasteiger partial charge in [-0.3, -0.25) is 14.3 Å². The van der Waals surface area contributed by atoms with Crippen molar-refractivity contribution in [2.24, 2.45) is 0 Å². The van der Waals surface area contributed by atoms with E-state index in [1.165, 1.54) is 0 Å². The molecule has 0 N–H and O–H groups in total. The van der Waals surface area contributed by atoms with Crippen molar-refractivity contribution in [2.45, 2.75) is 4.90 Å². The maximum absolute atomic E-state index is 11.7. The van der Waals surface area contributed by atoms with Gasteiger partial charge in [-0.2, -0.15) is 8.42 Å². The highest BCUT2D eigenvalue weighted by atomic mass is 32.2.